The second-order valence-electron chi connectivity index (χ2n) is 21.0. The molecule has 6 aromatic rings. The van der Waals surface area contributed by atoms with Gasteiger partial charge in [0, 0.05) is 68.9 Å². The predicted molar refractivity (Wildman–Crippen MR) is 275 cm³/mol. The van der Waals surface area contributed by atoms with E-state index in [-0.39, 0.29) is 23.4 Å². The topological polar surface area (TPSA) is 143 Å². The Hall–Kier alpha value is -5.11. The average molecular weight is 944 g/mol. The van der Waals surface area contributed by atoms with Gasteiger partial charge in [0.15, 0.2) is 0 Å². The van der Waals surface area contributed by atoms with Gasteiger partial charge in [0.25, 0.3) is 23.6 Å². The Morgan fingerprint density at radius 1 is 0.647 bits per heavy atom. The summed E-state index contributed by atoms with van der Waals surface area (Å²) < 4.78 is 23.5. The number of benzene rings is 6. The number of imide groups is 2. The Bertz CT molecular complexity index is 2800. The first-order valence-electron chi connectivity index (χ1n) is 24.1. The number of carbonyl (C=O) groups is 4. The van der Waals surface area contributed by atoms with Crippen LogP contribution in [0.1, 0.15) is 143 Å². The average Bonchev–Trinajstić information content (AvgIpc) is 3.29. The maximum atomic E-state index is 14.3. The molecule has 12 heteroatoms. The van der Waals surface area contributed by atoms with Crippen LogP contribution in [0.4, 0.5) is 5.69 Å². The molecule has 0 saturated heterocycles. The van der Waals surface area contributed by atoms with E-state index in [1.807, 2.05) is 57.2 Å². The molecule has 11 nitrogen and oxygen atoms in total. The number of nitrogens with zero attached hydrogens (tertiary/aromatic N) is 2. The Balaban J connectivity index is 0.000000554. The van der Waals surface area contributed by atoms with Crippen LogP contribution < -0.4 is 10.2 Å². The van der Waals surface area contributed by atoms with Crippen molar-refractivity contribution < 1.29 is 38.0 Å². The van der Waals surface area contributed by atoms with Crippen molar-refractivity contribution in [2.24, 2.45) is 11.3 Å². The van der Waals surface area contributed by atoms with E-state index in [1.165, 1.54) is 9.80 Å². The molecule has 2 N–H and O–H groups in total. The zero-order valence-electron chi connectivity index (χ0n) is 41.9. The van der Waals surface area contributed by atoms with Gasteiger partial charge >= 0.3 is 0 Å². The number of amides is 4. The van der Waals surface area contributed by atoms with Crippen molar-refractivity contribution in [1.82, 2.24) is 10.2 Å². The minimum absolute atomic E-state index is 0.0688. The van der Waals surface area contributed by atoms with Crippen LogP contribution in [0.15, 0.2) is 77.7 Å². The van der Waals surface area contributed by atoms with Crippen molar-refractivity contribution >= 4 is 83.2 Å². The highest BCUT2D eigenvalue weighted by atomic mass is 32.2. The van der Waals surface area contributed by atoms with Crippen molar-refractivity contribution in [3.63, 3.8) is 0 Å². The number of hydrogen-bond acceptors (Lipinski definition) is 9. The van der Waals surface area contributed by atoms with E-state index in [2.05, 4.69) is 53.8 Å². The number of ether oxygens (including phenoxy) is 2. The first-order chi connectivity index (χ1) is 32.0. The van der Waals surface area contributed by atoms with E-state index in [4.69, 9.17) is 9.47 Å². The molecule has 0 radical (unpaired) electrons. The molecule has 0 aromatic heterocycles. The Labute approximate surface area is 403 Å². The van der Waals surface area contributed by atoms with Crippen LogP contribution in [0.2, 0.25) is 0 Å². The molecule has 2 heterocycles. The summed E-state index contributed by atoms with van der Waals surface area (Å²) in [4.78, 5) is 59.7. The maximum Gasteiger partial charge on any atom is 0.265 e. The molecule has 0 fully saturated rings. The van der Waals surface area contributed by atoms with E-state index >= 15 is 0 Å². The van der Waals surface area contributed by atoms with Crippen molar-refractivity contribution in [2.75, 3.05) is 37.5 Å². The third-order valence-electron chi connectivity index (χ3n) is 14.3. The fourth-order valence-electron chi connectivity index (χ4n) is 9.48. The molecule has 0 bridgehead atoms. The summed E-state index contributed by atoms with van der Waals surface area (Å²) in [5, 5.41) is 19.1. The van der Waals surface area contributed by atoms with Crippen LogP contribution in [0, 0.1) is 11.3 Å². The Morgan fingerprint density at radius 3 is 1.54 bits per heavy atom. The van der Waals surface area contributed by atoms with E-state index in [1.54, 1.807) is 50.4 Å². The zero-order chi connectivity index (χ0) is 49.6. The van der Waals surface area contributed by atoms with E-state index in [0.717, 1.165) is 51.6 Å². The summed E-state index contributed by atoms with van der Waals surface area (Å²) in [6.45, 7) is 24.4. The molecule has 0 aliphatic carbocycles. The first-order valence-corrected chi connectivity index (χ1v) is 25.4. The molecule has 3 atom stereocenters. The molecule has 4 amide bonds. The number of aliphatic hydroxyl groups is 1. The second kappa shape index (κ2) is 19.7. The van der Waals surface area contributed by atoms with Gasteiger partial charge in [-0.05, 0) is 153 Å². The Morgan fingerprint density at radius 2 is 1.12 bits per heavy atom. The van der Waals surface area contributed by atoms with Gasteiger partial charge in [0.05, 0.1) is 41.4 Å². The first kappa shape index (κ1) is 50.8. The van der Waals surface area contributed by atoms with Gasteiger partial charge in [0.1, 0.15) is 0 Å². The number of aliphatic hydroxyl groups excluding tert-OH is 1. The van der Waals surface area contributed by atoms with Crippen molar-refractivity contribution in [2.45, 2.75) is 130 Å². The number of hydrogen-bond donors (Lipinski definition) is 2. The molecule has 8 rings (SSSR count). The number of fused-ring (bicyclic) bond motifs is 2. The highest BCUT2D eigenvalue weighted by molar-refractivity contribution is 7.85. The van der Waals surface area contributed by atoms with E-state index in [0.29, 0.717) is 86.9 Å². The number of rotatable bonds is 18. The van der Waals surface area contributed by atoms with Gasteiger partial charge in [-0.1, -0.05) is 65.3 Å². The Kier molecular flexibility index (Phi) is 14.7. The van der Waals surface area contributed by atoms with Crippen molar-refractivity contribution in [3.05, 3.63) is 95.1 Å². The lowest BCUT2D eigenvalue weighted by Gasteiger charge is -2.33. The minimum Gasteiger partial charge on any atom is -0.390 e. The highest BCUT2D eigenvalue weighted by Gasteiger charge is 2.39. The number of anilines is 1. The van der Waals surface area contributed by atoms with Gasteiger partial charge in [0.2, 0.25) is 0 Å². The molecular formula is C56H69N3O8S. The summed E-state index contributed by atoms with van der Waals surface area (Å²) in [7, 11) is 0.362. The molecule has 2 aliphatic rings. The summed E-state index contributed by atoms with van der Waals surface area (Å²) >= 11 is 0. The largest absolute Gasteiger partial charge is 0.390 e. The van der Waals surface area contributed by atoms with Crippen LogP contribution in [-0.4, -0.2) is 93.8 Å². The molecule has 2 aliphatic heterocycles. The normalized spacial score (nSPS) is 15.9. The highest BCUT2D eigenvalue weighted by Crippen LogP contribution is 2.47. The minimum atomic E-state index is -1.26. The van der Waals surface area contributed by atoms with Crippen molar-refractivity contribution in [1.29, 1.82) is 0 Å². The predicted octanol–water partition coefficient (Wildman–Crippen LogP) is 11.1. The lowest BCUT2D eigenvalue weighted by Crippen LogP contribution is -2.46. The fraction of sp³-hybridized carbons (Fsp3) is 0.464. The van der Waals surface area contributed by atoms with Crippen LogP contribution >= 0.6 is 0 Å². The number of nitrogens with one attached hydrogen (secondary N) is 1. The van der Waals surface area contributed by atoms with Gasteiger partial charge in [-0.2, -0.15) is 0 Å². The summed E-state index contributed by atoms with van der Waals surface area (Å²) in [5.41, 5.74) is 2.02. The van der Waals surface area contributed by atoms with Crippen LogP contribution in [0.5, 0.6) is 0 Å². The van der Waals surface area contributed by atoms with Crippen LogP contribution in [-0.2, 0) is 20.3 Å². The quantitative estimate of drug-likeness (QED) is 0.0373. The molecular weight excluding hydrogens is 875 g/mol. The van der Waals surface area contributed by atoms with Gasteiger partial charge in [-0.3, -0.25) is 28.3 Å². The molecule has 0 saturated carbocycles. The lowest BCUT2D eigenvalue weighted by molar-refractivity contribution is -0.103. The summed E-state index contributed by atoms with van der Waals surface area (Å²) in [5.74, 6) is -0.646. The van der Waals surface area contributed by atoms with Crippen LogP contribution in [0.3, 0.4) is 0 Å². The molecule has 6 aromatic carbocycles. The van der Waals surface area contributed by atoms with Crippen molar-refractivity contribution in [3.8, 4) is 0 Å². The van der Waals surface area contributed by atoms with Crippen LogP contribution in [0.25, 0.3) is 43.1 Å². The van der Waals surface area contributed by atoms with Gasteiger partial charge in [-0.25, -0.2) is 4.90 Å². The standard InChI is InChI=1S/C48H51N3O5S.C8H18O3/c1-9-47(5,6)22-23-48(7,8)49-24-25-57(56)30-12-10-29(11-13-30)51-45(54)37-20-16-33-31-14-18-35-41-36(44(53)50(43(35)52)28(4)26-27(2)3)19-15-32(39(31)41)34-17-21-38(46(51)55)42(37)40(33)34;1-7(9)8(2,3)11-6-5-10-4/h10-21,27-28,49H,9,22-26H2,1-8H3;7,9H,5-6H2,1-4H3. The SMILES string of the molecule is CCC(C)(C)CCC(C)(C)NCCS(=O)c1ccc(N2C(=O)c3ccc4c5ccc6c7c(ccc(c8ccc(c3c48)C2=O)c75)C(=O)N(C(C)CC(C)C)C6=O)cc1.COCCOC(C)(C)C(C)O. The smallest absolute Gasteiger partial charge is 0.265 e. The summed E-state index contributed by atoms with van der Waals surface area (Å²) in [6.07, 6.45) is 3.52. The fourth-order valence-corrected chi connectivity index (χ4v) is 10.4. The van der Waals surface area contributed by atoms with Gasteiger partial charge in [-0.15, -0.1) is 0 Å². The lowest BCUT2D eigenvalue weighted by atomic mass is 9.81. The monoisotopic (exact) mass is 943 g/mol. The number of carbonyl (C=O) groups excluding carboxylic acids is 4. The third kappa shape index (κ3) is 9.72. The molecule has 362 valence electrons. The maximum absolute atomic E-state index is 14.3. The molecule has 3 unspecified atom stereocenters. The van der Waals surface area contributed by atoms with Gasteiger partial charge < -0.3 is 19.9 Å². The molecule has 68 heavy (non-hydrogen) atoms. The third-order valence-corrected chi connectivity index (χ3v) is 15.7. The number of methoxy groups -OCH3 is 1. The molecule has 0 spiro atoms. The zero-order valence-corrected chi connectivity index (χ0v) is 42.7. The summed E-state index contributed by atoms with van der Waals surface area (Å²) in [6, 6.07) is 21.5. The van der Waals surface area contributed by atoms with E-state index in [9.17, 15) is 28.5 Å². The second-order valence-corrected chi connectivity index (χ2v) is 22.6. The van der Waals surface area contributed by atoms with E-state index < -0.39 is 34.3 Å².